The summed E-state index contributed by atoms with van der Waals surface area (Å²) in [5.74, 6) is -0.188. The largest absolute Gasteiger partial charge is 0.465 e. The molecule has 0 spiro atoms. The van der Waals surface area contributed by atoms with E-state index in [1.54, 1.807) is 0 Å². The summed E-state index contributed by atoms with van der Waals surface area (Å²) in [6, 6.07) is 0. The van der Waals surface area contributed by atoms with E-state index in [2.05, 4.69) is 0 Å². The number of rotatable bonds is 2. The number of hydrogen-bond acceptors (Lipinski definition) is 2. The van der Waals surface area contributed by atoms with Crippen LogP contribution in [0.1, 0.15) is 6.92 Å². The van der Waals surface area contributed by atoms with Crippen molar-refractivity contribution >= 4 is 11.9 Å². The second-order valence-electron chi connectivity index (χ2n) is 1.36. The maximum atomic E-state index is 10.0. The minimum atomic E-state index is -1.17. The fourth-order valence-electron chi connectivity index (χ4n) is 0.200. The SMILES string of the molecule is CC(=O)CNC(=O)O. The molecule has 0 aromatic carbocycles. The van der Waals surface area contributed by atoms with Crippen LogP contribution in [-0.2, 0) is 4.79 Å². The summed E-state index contributed by atoms with van der Waals surface area (Å²) in [6.07, 6.45) is -1.17. The molecule has 0 saturated carbocycles. The van der Waals surface area contributed by atoms with E-state index in [1.807, 2.05) is 5.32 Å². The molecule has 0 atom stereocenters. The monoisotopic (exact) mass is 117 g/mol. The summed E-state index contributed by atoms with van der Waals surface area (Å²) in [5.41, 5.74) is 0. The van der Waals surface area contributed by atoms with Crippen LogP contribution in [0.4, 0.5) is 4.79 Å². The Labute approximate surface area is 46.5 Å². The van der Waals surface area contributed by atoms with Crippen molar-refractivity contribution in [2.75, 3.05) is 6.54 Å². The maximum absolute atomic E-state index is 10.0. The molecule has 2 N–H and O–H groups in total. The number of nitrogens with one attached hydrogen (secondary N) is 1. The average molecular weight is 117 g/mol. The zero-order valence-corrected chi connectivity index (χ0v) is 4.47. The molecule has 0 aromatic rings. The topological polar surface area (TPSA) is 66.4 Å². The molecule has 0 fully saturated rings. The summed E-state index contributed by atoms with van der Waals surface area (Å²) in [6.45, 7) is 1.21. The van der Waals surface area contributed by atoms with Crippen LogP contribution in [0.5, 0.6) is 0 Å². The van der Waals surface area contributed by atoms with Crippen LogP contribution < -0.4 is 5.32 Å². The van der Waals surface area contributed by atoms with Gasteiger partial charge in [0.25, 0.3) is 0 Å². The lowest BCUT2D eigenvalue weighted by atomic mass is 10.4. The Morgan fingerprint density at radius 1 is 1.62 bits per heavy atom. The third-order valence-corrected chi connectivity index (χ3v) is 0.489. The predicted octanol–water partition coefficient (Wildman–Crippen LogP) is -0.157. The van der Waals surface area contributed by atoms with Crippen LogP contribution in [-0.4, -0.2) is 23.5 Å². The summed E-state index contributed by atoms with van der Waals surface area (Å²) in [5, 5.41) is 9.81. The van der Waals surface area contributed by atoms with Gasteiger partial charge in [0, 0.05) is 0 Å². The average Bonchev–Trinajstić information content (AvgIpc) is 1.61. The summed E-state index contributed by atoms with van der Waals surface area (Å²) in [7, 11) is 0. The van der Waals surface area contributed by atoms with Crippen LogP contribution in [0.2, 0.25) is 0 Å². The van der Waals surface area contributed by atoms with Crippen molar-refractivity contribution in [3.05, 3.63) is 0 Å². The second kappa shape index (κ2) is 3.01. The quantitative estimate of drug-likeness (QED) is 0.528. The molecular formula is C4H7NO3. The Hall–Kier alpha value is -1.06. The molecule has 1 amide bonds. The number of ketones is 1. The van der Waals surface area contributed by atoms with Gasteiger partial charge in [-0.15, -0.1) is 0 Å². The van der Waals surface area contributed by atoms with Gasteiger partial charge in [0.1, 0.15) is 5.78 Å². The van der Waals surface area contributed by atoms with E-state index in [9.17, 15) is 9.59 Å². The van der Waals surface area contributed by atoms with Crippen molar-refractivity contribution in [3.63, 3.8) is 0 Å². The van der Waals surface area contributed by atoms with Gasteiger partial charge in [-0.1, -0.05) is 0 Å². The molecule has 0 heterocycles. The molecule has 0 aliphatic carbocycles. The van der Waals surface area contributed by atoms with Crippen molar-refractivity contribution in [3.8, 4) is 0 Å². The van der Waals surface area contributed by atoms with Gasteiger partial charge in [0.05, 0.1) is 6.54 Å². The molecule has 4 nitrogen and oxygen atoms in total. The lowest BCUT2D eigenvalue weighted by molar-refractivity contribution is -0.116. The summed E-state index contributed by atoms with van der Waals surface area (Å²) < 4.78 is 0. The molecule has 4 heteroatoms. The van der Waals surface area contributed by atoms with E-state index >= 15 is 0 Å². The van der Waals surface area contributed by atoms with Gasteiger partial charge in [0.2, 0.25) is 0 Å². The first-order valence-corrected chi connectivity index (χ1v) is 2.09. The Kier molecular flexibility index (Phi) is 2.61. The summed E-state index contributed by atoms with van der Waals surface area (Å²) >= 11 is 0. The molecule has 0 bridgehead atoms. The number of amides is 1. The number of carbonyl (C=O) groups is 2. The van der Waals surface area contributed by atoms with Gasteiger partial charge in [-0.05, 0) is 6.92 Å². The molecule has 0 saturated heterocycles. The summed E-state index contributed by atoms with van der Waals surface area (Å²) in [4.78, 5) is 19.7. The minimum absolute atomic E-state index is 0.102. The standard InChI is InChI=1S/C4H7NO3/c1-3(6)2-5-4(7)8/h5H,2H2,1H3,(H,7,8). The van der Waals surface area contributed by atoms with Gasteiger partial charge in [-0.2, -0.15) is 0 Å². The molecule has 0 aliphatic rings. The number of carboxylic acid groups (broad SMARTS) is 1. The third kappa shape index (κ3) is 4.94. The normalized spacial score (nSPS) is 8.12. The second-order valence-corrected chi connectivity index (χ2v) is 1.36. The van der Waals surface area contributed by atoms with Crippen LogP contribution in [0.15, 0.2) is 0 Å². The van der Waals surface area contributed by atoms with Crippen molar-refractivity contribution < 1.29 is 14.7 Å². The zero-order chi connectivity index (χ0) is 6.57. The maximum Gasteiger partial charge on any atom is 0.405 e. The molecule has 0 aliphatic heterocycles. The number of carbonyl (C=O) groups excluding carboxylic acids is 1. The van der Waals surface area contributed by atoms with E-state index in [0.29, 0.717) is 0 Å². The highest BCUT2D eigenvalue weighted by molar-refractivity contribution is 5.81. The molecule has 8 heavy (non-hydrogen) atoms. The van der Waals surface area contributed by atoms with Gasteiger partial charge >= 0.3 is 6.09 Å². The van der Waals surface area contributed by atoms with Gasteiger partial charge < -0.3 is 10.4 Å². The van der Waals surface area contributed by atoms with Crippen LogP contribution in [0.3, 0.4) is 0 Å². The van der Waals surface area contributed by atoms with Gasteiger partial charge in [-0.3, -0.25) is 4.79 Å². The van der Waals surface area contributed by atoms with Crippen molar-refractivity contribution in [1.82, 2.24) is 5.32 Å². The first-order valence-electron chi connectivity index (χ1n) is 2.09. The molecule has 46 valence electrons. The molecule has 0 aromatic heterocycles. The smallest absolute Gasteiger partial charge is 0.405 e. The third-order valence-electron chi connectivity index (χ3n) is 0.489. The highest BCUT2D eigenvalue weighted by Crippen LogP contribution is 1.63. The first kappa shape index (κ1) is 6.94. The van der Waals surface area contributed by atoms with Crippen LogP contribution in [0.25, 0.3) is 0 Å². The van der Waals surface area contributed by atoms with E-state index < -0.39 is 6.09 Å². The molecule has 0 radical (unpaired) electrons. The minimum Gasteiger partial charge on any atom is -0.465 e. The van der Waals surface area contributed by atoms with Crippen molar-refractivity contribution in [2.45, 2.75) is 6.92 Å². The lowest BCUT2D eigenvalue weighted by Crippen LogP contribution is -2.26. The number of hydrogen-bond donors (Lipinski definition) is 2. The van der Waals surface area contributed by atoms with E-state index in [4.69, 9.17) is 5.11 Å². The van der Waals surface area contributed by atoms with E-state index in [0.717, 1.165) is 0 Å². The molecule has 0 rings (SSSR count). The van der Waals surface area contributed by atoms with Crippen molar-refractivity contribution in [1.29, 1.82) is 0 Å². The fraction of sp³-hybridized carbons (Fsp3) is 0.500. The highest BCUT2D eigenvalue weighted by atomic mass is 16.4. The van der Waals surface area contributed by atoms with E-state index in [1.165, 1.54) is 6.92 Å². The Bertz CT molecular complexity index is 95.9. The number of Topliss-reactive ketones (excluding diaryl/α,β-unsaturated/α-hetero) is 1. The lowest BCUT2D eigenvalue weighted by Gasteiger charge is -1.91. The molecular weight excluding hydrogens is 110 g/mol. The van der Waals surface area contributed by atoms with Crippen LogP contribution in [0, 0.1) is 0 Å². The Morgan fingerprint density at radius 3 is 2.25 bits per heavy atom. The molecule has 0 unspecified atom stereocenters. The van der Waals surface area contributed by atoms with Gasteiger partial charge in [0.15, 0.2) is 0 Å². The Morgan fingerprint density at radius 2 is 2.12 bits per heavy atom. The highest BCUT2D eigenvalue weighted by Gasteiger charge is 1.94. The zero-order valence-electron chi connectivity index (χ0n) is 4.47. The first-order chi connectivity index (χ1) is 3.63. The van der Waals surface area contributed by atoms with E-state index in [-0.39, 0.29) is 12.3 Å². The predicted molar refractivity (Wildman–Crippen MR) is 26.7 cm³/mol. The Balaban J connectivity index is 3.18. The fourth-order valence-corrected chi connectivity index (χ4v) is 0.200. The van der Waals surface area contributed by atoms with Gasteiger partial charge in [-0.25, -0.2) is 4.79 Å². The van der Waals surface area contributed by atoms with Crippen molar-refractivity contribution in [2.24, 2.45) is 0 Å². The van der Waals surface area contributed by atoms with Crippen LogP contribution >= 0.6 is 0 Å².